The van der Waals surface area contributed by atoms with E-state index in [1.54, 1.807) is 23.7 Å². The van der Waals surface area contributed by atoms with Crippen LogP contribution in [0.15, 0.2) is 115 Å². The summed E-state index contributed by atoms with van der Waals surface area (Å²) >= 11 is 1.71. The number of fused-ring (bicyclic) bond motifs is 4. The van der Waals surface area contributed by atoms with Gasteiger partial charge in [0.1, 0.15) is 0 Å². The van der Waals surface area contributed by atoms with Gasteiger partial charge in [0.05, 0.1) is 32.3 Å². The minimum atomic E-state index is 0.548. The monoisotopic (exact) mass is 678 g/mol. The van der Waals surface area contributed by atoms with Crippen molar-refractivity contribution in [2.24, 2.45) is 0 Å². The third-order valence-corrected chi connectivity index (χ3v) is 9.74. The first kappa shape index (κ1) is 36.5. The topological polar surface area (TPSA) is 51.6 Å². The summed E-state index contributed by atoms with van der Waals surface area (Å²) in [6, 6.07) is 30.1. The average Bonchev–Trinajstić information content (AvgIpc) is 3.81. The van der Waals surface area contributed by atoms with Gasteiger partial charge in [-0.1, -0.05) is 110 Å². The van der Waals surface area contributed by atoms with Crippen LogP contribution < -0.4 is 0 Å². The minimum Gasteiger partial charge on any atom is -0.256 e. The molecule has 3 heterocycles. The van der Waals surface area contributed by atoms with Crippen LogP contribution in [0.25, 0.3) is 38.2 Å². The van der Waals surface area contributed by atoms with Gasteiger partial charge < -0.3 is 0 Å². The number of hydrogen-bond acceptors (Lipinski definition) is 5. The lowest BCUT2D eigenvalue weighted by molar-refractivity contribution is 0.865. The van der Waals surface area contributed by atoms with Crippen molar-refractivity contribution in [1.82, 2.24) is 19.9 Å². The second-order valence-corrected chi connectivity index (χ2v) is 14.9. The SMILES string of the molecule is CC(C)c1ccc2c(c1)C=CC2.CC(C)c1ccc2ncccc2c1.CC(C)c1ccc2nccnc2c1.CC(C)c1ccc2ncsc2c1. The molecule has 0 atom stereocenters. The number of benzene rings is 4. The number of hydrogen-bond donors (Lipinski definition) is 0. The zero-order valence-corrected chi connectivity index (χ0v) is 31.6. The molecule has 256 valence electrons. The molecule has 5 heteroatoms. The molecule has 0 unspecified atom stereocenters. The number of pyridine rings is 1. The van der Waals surface area contributed by atoms with Crippen LogP contribution in [0.2, 0.25) is 0 Å². The van der Waals surface area contributed by atoms with Crippen molar-refractivity contribution < 1.29 is 0 Å². The normalized spacial score (nSPS) is 11.8. The molecule has 0 fully saturated rings. The van der Waals surface area contributed by atoms with Crippen LogP contribution >= 0.6 is 11.3 Å². The summed E-state index contributed by atoms with van der Waals surface area (Å²) in [5.41, 5.74) is 14.5. The Morgan fingerprint density at radius 1 is 0.500 bits per heavy atom. The molecule has 8 rings (SSSR count). The molecule has 4 nitrogen and oxygen atoms in total. The zero-order valence-electron chi connectivity index (χ0n) is 30.8. The Balaban J connectivity index is 0.000000130. The fourth-order valence-electron chi connectivity index (χ4n) is 5.65. The number of rotatable bonds is 4. The van der Waals surface area contributed by atoms with Crippen LogP contribution in [-0.4, -0.2) is 19.9 Å². The van der Waals surface area contributed by atoms with E-state index in [2.05, 4.69) is 160 Å². The third-order valence-electron chi connectivity index (χ3n) is 8.95. The second-order valence-electron chi connectivity index (χ2n) is 14.0. The van der Waals surface area contributed by atoms with E-state index in [0.717, 1.165) is 28.5 Å². The summed E-state index contributed by atoms with van der Waals surface area (Å²) in [5, 5.41) is 1.23. The highest BCUT2D eigenvalue weighted by atomic mass is 32.1. The van der Waals surface area contributed by atoms with Crippen molar-refractivity contribution in [1.29, 1.82) is 0 Å². The molecule has 0 saturated heterocycles. The molecule has 0 amide bonds. The zero-order chi connectivity index (χ0) is 35.6. The summed E-state index contributed by atoms with van der Waals surface area (Å²) in [6.45, 7) is 17.7. The van der Waals surface area contributed by atoms with Crippen molar-refractivity contribution in [3.8, 4) is 0 Å². The maximum absolute atomic E-state index is 4.28. The molecule has 1 aliphatic rings. The number of allylic oxidation sites excluding steroid dienone is 1. The smallest absolute Gasteiger partial charge is 0.0889 e. The van der Waals surface area contributed by atoms with Gasteiger partial charge in [0.15, 0.2) is 0 Å². The fourth-order valence-corrected chi connectivity index (χ4v) is 6.38. The summed E-state index contributed by atoms with van der Waals surface area (Å²) in [7, 11) is 0. The molecule has 0 N–H and O–H groups in total. The molecular weight excluding hydrogens is 629 g/mol. The Morgan fingerprint density at radius 2 is 1.06 bits per heavy atom. The number of thiazole rings is 1. The summed E-state index contributed by atoms with van der Waals surface area (Å²) < 4.78 is 1.29. The molecule has 50 heavy (non-hydrogen) atoms. The van der Waals surface area contributed by atoms with E-state index in [4.69, 9.17) is 0 Å². The van der Waals surface area contributed by atoms with Gasteiger partial charge in [-0.15, -0.1) is 11.3 Å². The predicted octanol–water partition coefficient (Wildman–Crippen LogP) is 12.9. The Morgan fingerprint density at radius 3 is 1.76 bits per heavy atom. The predicted molar refractivity (Wildman–Crippen MR) is 216 cm³/mol. The quantitative estimate of drug-likeness (QED) is 0.186. The van der Waals surface area contributed by atoms with E-state index in [1.165, 1.54) is 43.5 Å². The van der Waals surface area contributed by atoms with Crippen molar-refractivity contribution in [2.45, 2.75) is 85.5 Å². The summed E-state index contributed by atoms with van der Waals surface area (Å²) in [6.07, 6.45) is 10.9. The van der Waals surface area contributed by atoms with Gasteiger partial charge >= 0.3 is 0 Å². The van der Waals surface area contributed by atoms with Crippen LogP contribution in [0.3, 0.4) is 0 Å². The van der Waals surface area contributed by atoms with Crippen molar-refractivity contribution in [3.63, 3.8) is 0 Å². The Labute approximate surface area is 302 Å². The Hall–Kier alpha value is -4.74. The maximum atomic E-state index is 4.28. The largest absolute Gasteiger partial charge is 0.256 e. The van der Waals surface area contributed by atoms with Crippen LogP contribution in [-0.2, 0) is 6.42 Å². The van der Waals surface area contributed by atoms with E-state index in [-0.39, 0.29) is 0 Å². The van der Waals surface area contributed by atoms with Crippen molar-refractivity contribution in [2.75, 3.05) is 0 Å². The number of aromatic nitrogens is 4. The molecule has 0 bridgehead atoms. The molecule has 0 saturated carbocycles. The fraction of sp³-hybridized carbons (Fsp3) is 0.289. The molecule has 0 spiro atoms. The van der Waals surface area contributed by atoms with E-state index in [9.17, 15) is 0 Å². The van der Waals surface area contributed by atoms with Crippen molar-refractivity contribution in [3.05, 3.63) is 148 Å². The van der Waals surface area contributed by atoms with Gasteiger partial charge in [0.2, 0.25) is 0 Å². The first-order valence-corrected chi connectivity index (χ1v) is 18.6. The molecule has 0 radical (unpaired) electrons. The first-order valence-electron chi connectivity index (χ1n) is 17.8. The highest BCUT2D eigenvalue weighted by molar-refractivity contribution is 7.16. The number of nitrogens with zero attached hydrogens (tertiary/aromatic N) is 4. The lowest BCUT2D eigenvalue weighted by Gasteiger charge is -2.07. The Kier molecular flexibility index (Phi) is 12.6. The Bertz CT molecular complexity index is 2090. The van der Waals surface area contributed by atoms with E-state index in [0.29, 0.717) is 23.7 Å². The molecule has 3 aromatic heterocycles. The van der Waals surface area contributed by atoms with E-state index < -0.39 is 0 Å². The second kappa shape index (κ2) is 17.3. The molecule has 7 aromatic rings. The first-order chi connectivity index (χ1) is 24.1. The van der Waals surface area contributed by atoms with Crippen LogP contribution in [0.5, 0.6) is 0 Å². The van der Waals surface area contributed by atoms with E-state index in [1.807, 2.05) is 23.8 Å². The minimum absolute atomic E-state index is 0.548. The summed E-state index contributed by atoms with van der Waals surface area (Å²) in [4.78, 5) is 17.0. The lowest BCUT2D eigenvalue weighted by atomic mass is 9.99. The van der Waals surface area contributed by atoms with Gasteiger partial charge in [-0.25, -0.2) is 4.98 Å². The molecule has 0 aliphatic heterocycles. The highest BCUT2D eigenvalue weighted by Crippen LogP contribution is 2.25. The summed E-state index contributed by atoms with van der Waals surface area (Å²) in [5.74, 6) is 2.39. The highest BCUT2D eigenvalue weighted by Gasteiger charge is 2.07. The molecule has 4 aromatic carbocycles. The van der Waals surface area contributed by atoms with Crippen LogP contribution in [0, 0.1) is 0 Å². The van der Waals surface area contributed by atoms with Gasteiger partial charge in [-0.2, -0.15) is 0 Å². The van der Waals surface area contributed by atoms with Crippen LogP contribution in [0.1, 0.15) is 112 Å². The molecule has 1 aliphatic carbocycles. The van der Waals surface area contributed by atoms with Gasteiger partial charge in [0.25, 0.3) is 0 Å². The lowest BCUT2D eigenvalue weighted by Crippen LogP contribution is -1.89. The van der Waals surface area contributed by atoms with Crippen molar-refractivity contribution >= 4 is 49.6 Å². The maximum Gasteiger partial charge on any atom is 0.0889 e. The van der Waals surface area contributed by atoms with Crippen LogP contribution in [0.4, 0.5) is 0 Å². The standard InChI is InChI=1S/C12H13N.C12H14.C11H12N2.C10H11NS/c1-9(2)10-5-6-12-11(8-10)4-3-7-13-12;1-9(2)11-7-6-10-4-3-5-12(10)8-11;1-8(2)9-3-4-10-11(7-9)13-6-5-12-10;1-7(2)8-3-4-9-10(5-8)12-6-11-9/h3-9H,1-2H3;3,5-9H,4H2,1-2H3;3-8H,1-2H3;3-7H,1-2H3. The third kappa shape index (κ3) is 9.70. The van der Waals surface area contributed by atoms with Gasteiger partial charge in [-0.3, -0.25) is 15.0 Å². The van der Waals surface area contributed by atoms with Gasteiger partial charge in [-0.05, 0) is 106 Å². The molecular formula is C45H50N4S. The van der Waals surface area contributed by atoms with E-state index >= 15 is 0 Å². The average molecular weight is 679 g/mol. The van der Waals surface area contributed by atoms with Gasteiger partial charge in [0, 0.05) is 24.0 Å².